The number of pyridine rings is 2. The van der Waals surface area contributed by atoms with Gasteiger partial charge in [-0.05, 0) is 49.4 Å². The lowest BCUT2D eigenvalue weighted by atomic mass is 10.1. The van der Waals surface area contributed by atoms with Gasteiger partial charge in [-0.2, -0.15) is 0 Å². The van der Waals surface area contributed by atoms with Gasteiger partial charge in [0.1, 0.15) is 11.5 Å². The van der Waals surface area contributed by atoms with Crippen LogP contribution in [-0.4, -0.2) is 51.6 Å². The summed E-state index contributed by atoms with van der Waals surface area (Å²) in [5, 5.41) is 9.74. The molecule has 1 aromatic carbocycles. The summed E-state index contributed by atoms with van der Waals surface area (Å²) in [6, 6.07) is 15.4. The highest BCUT2D eigenvalue weighted by Gasteiger charge is 2.21. The molecule has 5 rings (SSSR count). The number of carbonyl (C=O) groups is 1. The molecule has 1 fully saturated rings. The quantitative estimate of drug-likeness (QED) is 0.500. The van der Waals surface area contributed by atoms with E-state index < -0.39 is 5.97 Å². The third-order valence-corrected chi connectivity index (χ3v) is 6.27. The highest BCUT2D eigenvalue weighted by Crippen LogP contribution is 2.34. The molecule has 0 bridgehead atoms. The van der Waals surface area contributed by atoms with Gasteiger partial charge in [0.2, 0.25) is 0 Å². The van der Waals surface area contributed by atoms with Crippen molar-refractivity contribution in [2.45, 2.75) is 6.92 Å². The summed E-state index contributed by atoms with van der Waals surface area (Å²) in [6.45, 7) is 5.30. The topological polar surface area (TPSA) is 74.0 Å². The molecule has 4 aromatic rings. The summed E-state index contributed by atoms with van der Waals surface area (Å²) in [7, 11) is 0. The molecule has 0 aliphatic carbocycles. The molecule has 162 valence electrons. The number of anilines is 2. The maximum atomic E-state index is 11.0. The lowest BCUT2D eigenvalue weighted by molar-refractivity contribution is 0.0696. The Bertz CT molecular complexity index is 1290. The minimum absolute atomic E-state index is 0.198. The molecule has 32 heavy (non-hydrogen) atoms. The van der Waals surface area contributed by atoms with Crippen molar-refractivity contribution in [2.24, 2.45) is 0 Å². The highest BCUT2D eigenvalue weighted by molar-refractivity contribution is 6.33. The Morgan fingerprint density at radius 3 is 2.50 bits per heavy atom. The highest BCUT2D eigenvalue weighted by atomic mass is 35.5. The average Bonchev–Trinajstić information content (AvgIpc) is 3.16. The molecule has 1 N–H and O–H groups in total. The minimum atomic E-state index is -0.965. The van der Waals surface area contributed by atoms with Crippen LogP contribution in [0.2, 0.25) is 5.02 Å². The molecule has 0 radical (unpaired) electrons. The molecule has 1 aliphatic rings. The largest absolute Gasteiger partial charge is 0.478 e. The van der Waals surface area contributed by atoms with Gasteiger partial charge in [0.25, 0.3) is 0 Å². The zero-order chi connectivity index (χ0) is 22.2. The van der Waals surface area contributed by atoms with Gasteiger partial charge in [-0.1, -0.05) is 17.7 Å². The van der Waals surface area contributed by atoms with E-state index in [4.69, 9.17) is 21.7 Å². The molecular weight excluding hydrogens is 426 g/mol. The third-order valence-electron chi connectivity index (χ3n) is 5.94. The molecule has 1 saturated heterocycles. The van der Waals surface area contributed by atoms with Crippen LogP contribution in [0.15, 0.2) is 60.9 Å². The number of aromatic carboxylic acids is 1. The number of imidazole rings is 1. The number of carboxylic acid groups (broad SMARTS) is 1. The predicted molar refractivity (Wildman–Crippen MR) is 126 cm³/mol. The van der Waals surface area contributed by atoms with Crippen LogP contribution >= 0.6 is 11.6 Å². The zero-order valence-corrected chi connectivity index (χ0v) is 18.3. The van der Waals surface area contributed by atoms with Crippen molar-refractivity contribution in [1.82, 2.24) is 14.4 Å². The third kappa shape index (κ3) is 3.65. The van der Waals surface area contributed by atoms with Crippen LogP contribution in [0.5, 0.6) is 0 Å². The van der Waals surface area contributed by atoms with E-state index in [0.717, 1.165) is 60.3 Å². The van der Waals surface area contributed by atoms with Crippen molar-refractivity contribution in [3.05, 3.63) is 77.2 Å². The Labute approximate surface area is 190 Å². The van der Waals surface area contributed by atoms with Gasteiger partial charge in [0.15, 0.2) is 0 Å². The first-order chi connectivity index (χ1) is 15.5. The maximum absolute atomic E-state index is 11.0. The van der Waals surface area contributed by atoms with Gasteiger partial charge < -0.3 is 19.3 Å². The summed E-state index contributed by atoms with van der Waals surface area (Å²) in [5.41, 5.74) is 5.08. The molecule has 3 aromatic heterocycles. The summed E-state index contributed by atoms with van der Waals surface area (Å²) in [5.74, 6) is -0.167. The standard InChI is InChI=1S/C24H22ClN5O2/c1-16-23(27-22-4-2-3-9-30(16)22)19-14-18(6-7-20(19)25)28-10-12-29(13-11-28)21-8-5-17(15-26-21)24(31)32/h2-9,14-15H,10-13H2,1H3,(H,31,32). The van der Waals surface area contributed by atoms with Gasteiger partial charge in [-0.3, -0.25) is 0 Å². The summed E-state index contributed by atoms with van der Waals surface area (Å²) < 4.78 is 2.07. The Hall–Kier alpha value is -3.58. The monoisotopic (exact) mass is 447 g/mol. The van der Waals surface area contributed by atoms with Crippen molar-refractivity contribution in [3.63, 3.8) is 0 Å². The summed E-state index contributed by atoms with van der Waals surface area (Å²) in [6.07, 6.45) is 3.42. The average molecular weight is 448 g/mol. The van der Waals surface area contributed by atoms with Crippen LogP contribution in [0, 0.1) is 6.92 Å². The lowest BCUT2D eigenvalue weighted by Crippen LogP contribution is -2.46. The van der Waals surface area contributed by atoms with E-state index in [0.29, 0.717) is 5.02 Å². The minimum Gasteiger partial charge on any atom is -0.478 e. The second kappa shape index (κ2) is 8.16. The number of carboxylic acids is 1. The van der Waals surface area contributed by atoms with Crippen LogP contribution < -0.4 is 9.80 Å². The first kappa shape index (κ1) is 20.3. The maximum Gasteiger partial charge on any atom is 0.337 e. The van der Waals surface area contributed by atoms with E-state index >= 15 is 0 Å². The fourth-order valence-corrected chi connectivity index (χ4v) is 4.37. The number of halogens is 1. The van der Waals surface area contributed by atoms with Gasteiger partial charge >= 0.3 is 5.97 Å². The van der Waals surface area contributed by atoms with Gasteiger partial charge in [0, 0.05) is 55.5 Å². The van der Waals surface area contributed by atoms with Crippen molar-refractivity contribution < 1.29 is 9.90 Å². The van der Waals surface area contributed by atoms with E-state index in [-0.39, 0.29) is 5.56 Å². The Morgan fingerprint density at radius 2 is 1.81 bits per heavy atom. The second-order valence-electron chi connectivity index (χ2n) is 7.82. The summed E-state index contributed by atoms with van der Waals surface area (Å²) >= 11 is 6.58. The number of aromatic nitrogens is 3. The number of piperazine rings is 1. The van der Waals surface area contributed by atoms with Crippen molar-refractivity contribution >= 4 is 34.7 Å². The van der Waals surface area contributed by atoms with Crippen LogP contribution in [0.25, 0.3) is 16.9 Å². The summed E-state index contributed by atoms with van der Waals surface area (Å²) in [4.78, 5) is 24.7. The van der Waals surface area contributed by atoms with Gasteiger partial charge in [-0.25, -0.2) is 14.8 Å². The second-order valence-corrected chi connectivity index (χ2v) is 8.23. The number of benzene rings is 1. The Kier molecular flexibility index (Phi) is 5.19. The molecular formula is C24H22ClN5O2. The first-order valence-electron chi connectivity index (χ1n) is 10.4. The van der Waals surface area contributed by atoms with Crippen molar-refractivity contribution in [3.8, 4) is 11.3 Å². The lowest BCUT2D eigenvalue weighted by Gasteiger charge is -2.37. The number of rotatable bonds is 4. The van der Waals surface area contributed by atoms with E-state index in [1.54, 1.807) is 12.1 Å². The molecule has 0 saturated carbocycles. The van der Waals surface area contributed by atoms with Crippen LogP contribution in [0.4, 0.5) is 11.5 Å². The molecule has 7 nitrogen and oxygen atoms in total. The van der Waals surface area contributed by atoms with E-state index in [9.17, 15) is 4.79 Å². The molecule has 0 unspecified atom stereocenters. The van der Waals surface area contributed by atoms with Crippen molar-refractivity contribution in [2.75, 3.05) is 36.0 Å². The molecule has 0 atom stereocenters. The number of nitrogens with zero attached hydrogens (tertiary/aromatic N) is 5. The molecule has 4 heterocycles. The molecule has 0 spiro atoms. The van der Waals surface area contributed by atoms with Crippen LogP contribution in [-0.2, 0) is 0 Å². The molecule has 8 heteroatoms. The van der Waals surface area contributed by atoms with Gasteiger partial charge in [0.05, 0.1) is 16.3 Å². The first-order valence-corrected chi connectivity index (χ1v) is 10.8. The fourth-order valence-electron chi connectivity index (χ4n) is 4.16. The van der Waals surface area contributed by atoms with Crippen molar-refractivity contribution in [1.29, 1.82) is 0 Å². The number of hydrogen-bond donors (Lipinski definition) is 1. The SMILES string of the molecule is Cc1c(-c2cc(N3CCN(c4ccc(C(=O)O)cn4)CC3)ccc2Cl)nc2ccccn12. The Balaban J connectivity index is 1.36. The zero-order valence-electron chi connectivity index (χ0n) is 17.6. The number of fused-ring (bicyclic) bond motifs is 1. The normalized spacial score (nSPS) is 14.2. The fraction of sp³-hybridized carbons (Fsp3) is 0.208. The van der Waals surface area contributed by atoms with Gasteiger partial charge in [-0.15, -0.1) is 0 Å². The van der Waals surface area contributed by atoms with Crippen LogP contribution in [0.3, 0.4) is 0 Å². The van der Waals surface area contributed by atoms with Crippen LogP contribution in [0.1, 0.15) is 16.1 Å². The molecule has 0 amide bonds. The Morgan fingerprint density at radius 1 is 1.03 bits per heavy atom. The smallest absolute Gasteiger partial charge is 0.337 e. The van der Waals surface area contributed by atoms with E-state index in [1.807, 2.05) is 36.5 Å². The number of aryl methyl sites for hydroxylation is 1. The number of hydrogen-bond acceptors (Lipinski definition) is 5. The van der Waals surface area contributed by atoms with E-state index in [1.165, 1.54) is 6.20 Å². The predicted octanol–water partition coefficient (Wildman–Crippen LogP) is 4.38. The molecule has 1 aliphatic heterocycles. The van der Waals surface area contributed by atoms with E-state index in [2.05, 4.69) is 32.2 Å².